The molecule has 0 N–H and O–H groups in total. The van der Waals surface area contributed by atoms with Crippen LogP contribution in [0.1, 0.15) is 0 Å². The normalized spacial score (nSPS) is 11.5. The molecule has 0 aliphatic carbocycles. The smallest absolute Gasteiger partial charge is 0.229 e. The molecule has 7 aromatic carbocycles. The van der Waals surface area contributed by atoms with Gasteiger partial charge in [0.1, 0.15) is 11.2 Å². The second kappa shape index (κ2) is 14.6. The SMILES string of the molecule is c1ccc(-c2ccc(-c3nc(-c4ccc(-c5cc(-c6cccc(-n7c8ccccc8c8ccccc87)c6)nc(-c6ccccc6)n5)cc4)c4oc5ncccc5c4n3)cc2)cc1. The minimum atomic E-state index is 0.524. The van der Waals surface area contributed by atoms with Gasteiger partial charge in [0.05, 0.1) is 27.8 Å². The van der Waals surface area contributed by atoms with Crippen molar-refractivity contribution in [3.8, 4) is 73.4 Å². The summed E-state index contributed by atoms with van der Waals surface area (Å²) in [5, 5.41) is 3.29. The molecule has 0 saturated carbocycles. The quantitative estimate of drug-likeness (QED) is 0.160. The van der Waals surface area contributed by atoms with Gasteiger partial charge < -0.3 is 8.98 Å². The highest BCUT2D eigenvalue weighted by Crippen LogP contribution is 2.38. The van der Waals surface area contributed by atoms with Crippen molar-refractivity contribution in [2.75, 3.05) is 0 Å². The van der Waals surface area contributed by atoms with Gasteiger partial charge in [0, 0.05) is 50.5 Å². The third kappa shape index (κ3) is 6.11. The van der Waals surface area contributed by atoms with E-state index in [1.807, 2.05) is 36.4 Å². The Balaban J connectivity index is 0.963. The first-order valence-corrected chi connectivity index (χ1v) is 20.6. The van der Waals surface area contributed by atoms with E-state index < -0.39 is 0 Å². The minimum absolute atomic E-state index is 0.524. The van der Waals surface area contributed by atoms with E-state index in [0.29, 0.717) is 28.6 Å². The van der Waals surface area contributed by atoms with Crippen LogP contribution in [0.4, 0.5) is 0 Å². The average molecular weight is 795 g/mol. The Morgan fingerprint density at radius 1 is 0.371 bits per heavy atom. The molecule has 7 heteroatoms. The fourth-order valence-corrected chi connectivity index (χ4v) is 8.51. The molecule has 0 atom stereocenters. The zero-order valence-electron chi connectivity index (χ0n) is 33.2. The summed E-state index contributed by atoms with van der Waals surface area (Å²) in [6, 6.07) is 68.9. The van der Waals surface area contributed by atoms with Gasteiger partial charge in [0.25, 0.3) is 0 Å². The molecule has 290 valence electrons. The van der Waals surface area contributed by atoms with Crippen LogP contribution in [0.15, 0.2) is 211 Å². The fourth-order valence-electron chi connectivity index (χ4n) is 8.51. The van der Waals surface area contributed by atoms with Crippen molar-refractivity contribution >= 4 is 44.0 Å². The van der Waals surface area contributed by atoms with Gasteiger partial charge in [-0.3, -0.25) is 0 Å². The molecule has 5 heterocycles. The van der Waals surface area contributed by atoms with Crippen LogP contribution < -0.4 is 0 Å². The lowest BCUT2D eigenvalue weighted by molar-refractivity contribution is 0.652. The molecule has 7 nitrogen and oxygen atoms in total. The van der Waals surface area contributed by atoms with Crippen molar-refractivity contribution in [2.45, 2.75) is 0 Å². The van der Waals surface area contributed by atoms with Crippen molar-refractivity contribution in [3.05, 3.63) is 206 Å². The van der Waals surface area contributed by atoms with Crippen LogP contribution in [-0.2, 0) is 0 Å². The second-order valence-electron chi connectivity index (χ2n) is 15.3. The molecule has 0 amide bonds. The maximum atomic E-state index is 6.38. The molecule has 12 rings (SSSR count). The topological polar surface area (TPSA) is 82.5 Å². The largest absolute Gasteiger partial charge is 0.434 e. The lowest BCUT2D eigenvalue weighted by atomic mass is 10.0. The first-order valence-electron chi connectivity index (χ1n) is 20.6. The number of rotatable bonds is 7. The Labute approximate surface area is 356 Å². The van der Waals surface area contributed by atoms with E-state index in [1.165, 1.54) is 10.8 Å². The van der Waals surface area contributed by atoms with Crippen LogP contribution in [-0.4, -0.2) is 29.5 Å². The maximum absolute atomic E-state index is 6.38. The van der Waals surface area contributed by atoms with E-state index in [1.54, 1.807) is 6.20 Å². The van der Waals surface area contributed by atoms with E-state index >= 15 is 0 Å². The van der Waals surface area contributed by atoms with Gasteiger partial charge in [-0.2, -0.15) is 0 Å². The highest BCUT2D eigenvalue weighted by Gasteiger charge is 2.20. The van der Waals surface area contributed by atoms with Gasteiger partial charge in [0.15, 0.2) is 17.2 Å². The highest BCUT2D eigenvalue weighted by molar-refractivity contribution is 6.09. The first kappa shape index (κ1) is 35.4. The summed E-state index contributed by atoms with van der Waals surface area (Å²) >= 11 is 0. The van der Waals surface area contributed by atoms with Gasteiger partial charge in [-0.1, -0.05) is 158 Å². The third-order valence-electron chi connectivity index (χ3n) is 11.5. The number of furan rings is 1. The van der Waals surface area contributed by atoms with Crippen LogP contribution in [0.5, 0.6) is 0 Å². The van der Waals surface area contributed by atoms with Crippen molar-refractivity contribution < 1.29 is 4.42 Å². The molecule has 0 bridgehead atoms. The minimum Gasteiger partial charge on any atom is -0.434 e. The molecule has 0 aliphatic rings. The van der Waals surface area contributed by atoms with Gasteiger partial charge in [-0.05, 0) is 53.6 Å². The summed E-state index contributed by atoms with van der Waals surface area (Å²) in [6.07, 6.45) is 1.73. The lowest BCUT2D eigenvalue weighted by Crippen LogP contribution is -1.98. The number of aromatic nitrogens is 6. The summed E-state index contributed by atoms with van der Waals surface area (Å²) in [5.74, 6) is 1.26. The second-order valence-corrected chi connectivity index (χ2v) is 15.3. The Hall–Kier alpha value is -8.55. The zero-order chi connectivity index (χ0) is 41.0. The number of pyridine rings is 1. The molecule has 0 radical (unpaired) electrons. The van der Waals surface area contributed by atoms with Crippen molar-refractivity contribution in [3.63, 3.8) is 0 Å². The summed E-state index contributed by atoms with van der Waals surface area (Å²) < 4.78 is 8.71. The number of para-hydroxylation sites is 2. The van der Waals surface area contributed by atoms with Crippen molar-refractivity contribution in [1.82, 2.24) is 29.5 Å². The van der Waals surface area contributed by atoms with E-state index in [-0.39, 0.29) is 0 Å². The monoisotopic (exact) mass is 794 g/mol. The lowest BCUT2D eigenvalue weighted by Gasteiger charge is -2.12. The fraction of sp³-hybridized carbons (Fsp3) is 0. The van der Waals surface area contributed by atoms with Crippen molar-refractivity contribution in [2.24, 2.45) is 0 Å². The Kier molecular flexibility index (Phi) is 8.35. The molecular weight excluding hydrogens is 761 g/mol. The zero-order valence-corrected chi connectivity index (χ0v) is 33.2. The van der Waals surface area contributed by atoms with Gasteiger partial charge in [0.2, 0.25) is 5.71 Å². The number of nitrogens with zero attached hydrogens (tertiary/aromatic N) is 6. The van der Waals surface area contributed by atoms with Crippen LogP contribution in [0, 0.1) is 0 Å². The predicted molar refractivity (Wildman–Crippen MR) is 250 cm³/mol. The van der Waals surface area contributed by atoms with Gasteiger partial charge in [-0.25, -0.2) is 24.9 Å². The van der Waals surface area contributed by atoms with Gasteiger partial charge >= 0.3 is 0 Å². The summed E-state index contributed by atoms with van der Waals surface area (Å²) in [7, 11) is 0. The van der Waals surface area contributed by atoms with E-state index in [0.717, 1.165) is 78.0 Å². The molecule has 0 spiro atoms. The van der Waals surface area contributed by atoms with Crippen LogP contribution >= 0.6 is 0 Å². The standard InChI is InChI=1S/C55H34N6O/c1-3-13-35(14-4-1)36-24-30-40(31-25-36)54-59-50(52-51(60-54)45-21-12-32-56-55(45)62-52)38-28-26-37(27-29-38)46-34-47(58-53(57-46)39-15-5-2-6-16-39)41-17-11-18-42(33-41)61-48-22-9-7-19-43(48)44-20-8-10-23-49(44)61/h1-34H. The summed E-state index contributed by atoms with van der Waals surface area (Å²) in [6.45, 7) is 0. The molecule has 0 unspecified atom stereocenters. The molecule has 0 aliphatic heterocycles. The van der Waals surface area contributed by atoms with Crippen LogP contribution in [0.25, 0.3) is 117 Å². The maximum Gasteiger partial charge on any atom is 0.229 e. The van der Waals surface area contributed by atoms with Gasteiger partial charge in [-0.15, -0.1) is 0 Å². The number of benzene rings is 7. The number of hydrogen-bond acceptors (Lipinski definition) is 6. The first-order chi connectivity index (χ1) is 30.7. The Bertz CT molecular complexity index is 3560. The molecule has 0 fully saturated rings. The van der Waals surface area contributed by atoms with Crippen LogP contribution in [0.2, 0.25) is 0 Å². The number of hydrogen-bond donors (Lipinski definition) is 0. The molecule has 0 saturated heterocycles. The summed E-state index contributed by atoms with van der Waals surface area (Å²) in [4.78, 5) is 25.0. The molecule has 5 aromatic heterocycles. The Morgan fingerprint density at radius 3 is 1.63 bits per heavy atom. The van der Waals surface area contributed by atoms with E-state index in [2.05, 4.69) is 173 Å². The van der Waals surface area contributed by atoms with E-state index in [4.69, 9.17) is 24.4 Å². The molecule has 62 heavy (non-hydrogen) atoms. The number of fused-ring (bicyclic) bond motifs is 6. The predicted octanol–water partition coefficient (Wildman–Crippen LogP) is 13.7. The highest BCUT2D eigenvalue weighted by atomic mass is 16.3. The van der Waals surface area contributed by atoms with Crippen molar-refractivity contribution in [1.29, 1.82) is 0 Å². The van der Waals surface area contributed by atoms with E-state index in [9.17, 15) is 0 Å². The average Bonchev–Trinajstić information content (AvgIpc) is 3.90. The third-order valence-corrected chi connectivity index (χ3v) is 11.5. The molecular formula is C55H34N6O. The summed E-state index contributed by atoms with van der Waals surface area (Å²) in [5.41, 5.74) is 14.5. The molecule has 12 aromatic rings. The Morgan fingerprint density at radius 2 is 0.903 bits per heavy atom. The van der Waals surface area contributed by atoms with Crippen LogP contribution in [0.3, 0.4) is 0 Å².